The van der Waals surface area contributed by atoms with Crippen LogP contribution in [0.5, 0.6) is 0 Å². The van der Waals surface area contributed by atoms with E-state index in [0.717, 1.165) is 20.9 Å². The number of rotatable bonds is 4. The maximum Gasteiger partial charge on any atom is 0.0605 e. The van der Waals surface area contributed by atoms with Crippen molar-refractivity contribution in [1.82, 2.24) is 10.4 Å². The highest BCUT2D eigenvalue weighted by Gasteiger charge is 2.15. The molecule has 1 unspecified atom stereocenters. The molecule has 90 valence electrons. The van der Waals surface area contributed by atoms with Gasteiger partial charge in [0.25, 0.3) is 0 Å². The van der Waals surface area contributed by atoms with Gasteiger partial charge in [0.15, 0.2) is 0 Å². The van der Waals surface area contributed by atoms with E-state index >= 15 is 0 Å². The van der Waals surface area contributed by atoms with Crippen LogP contribution in [0.15, 0.2) is 38.9 Å². The number of hydrazine groups is 1. The Morgan fingerprint density at radius 1 is 1.41 bits per heavy atom. The molecule has 17 heavy (non-hydrogen) atoms. The van der Waals surface area contributed by atoms with E-state index in [1.807, 2.05) is 17.6 Å². The van der Waals surface area contributed by atoms with E-state index in [0.29, 0.717) is 0 Å². The topological polar surface area (TPSA) is 50.9 Å². The molecule has 0 saturated carbocycles. The van der Waals surface area contributed by atoms with Gasteiger partial charge in [-0.3, -0.25) is 16.3 Å². The average Bonchev–Trinajstić information content (AvgIpc) is 2.72. The third kappa shape index (κ3) is 3.35. The molecule has 2 rings (SSSR count). The highest BCUT2D eigenvalue weighted by atomic mass is 79.9. The van der Waals surface area contributed by atoms with Crippen molar-refractivity contribution < 1.29 is 0 Å². The lowest BCUT2D eigenvalue weighted by Gasteiger charge is -2.15. The number of nitrogens with two attached hydrogens (primary N) is 1. The monoisotopic (exact) mass is 375 g/mol. The minimum absolute atomic E-state index is 0.0977. The summed E-state index contributed by atoms with van der Waals surface area (Å²) < 4.78 is 2.07. The molecule has 0 spiro atoms. The molecule has 2 heterocycles. The fourth-order valence-corrected chi connectivity index (χ4v) is 3.71. The maximum absolute atomic E-state index is 5.62. The summed E-state index contributed by atoms with van der Waals surface area (Å²) in [5.41, 5.74) is 3.99. The Morgan fingerprint density at radius 3 is 2.82 bits per heavy atom. The fraction of sp³-hybridized carbons (Fsp3) is 0.182. The first-order chi connectivity index (χ1) is 8.20. The van der Waals surface area contributed by atoms with Crippen LogP contribution in [-0.4, -0.2) is 4.98 Å². The lowest BCUT2D eigenvalue weighted by atomic mass is 10.1. The summed E-state index contributed by atoms with van der Waals surface area (Å²) in [4.78, 5) is 5.35. The fourth-order valence-electron chi connectivity index (χ4n) is 1.58. The first-order valence-electron chi connectivity index (χ1n) is 4.99. The van der Waals surface area contributed by atoms with Crippen molar-refractivity contribution in [2.75, 3.05) is 0 Å². The Balaban J connectivity index is 2.19. The molecule has 0 amide bonds. The number of nitrogens with zero attached hydrogens (tertiary/aromatic N) is 1. The molecule has 1 atom stereocenters. The van der Waals surface area contributed by atoms with Gasteiger partial charge in [0.05, 0.1) is 6.04 Å². The molecule has 0 saturated heterocycles. The Bertz CT molecular complexity index is 501. The van der Waals surface area contributed by atoms with Gasteiger partial charge in [0, 0.05) is 26.2 Å². The normalized spacial score (nSPS) is 12.6. The number of nitrogens with one attached hydrogen (secondary N) is 1. The summed E-state index contributed by atoms with van der Waals surface area (Å²) in [6.07, 6.45) is 4.44. The molecule has 2 aromatic rings. The third-order valence-corrected chi connectivity index (χ3v) is 4.78. The molecule has 0 radical (unpaired) electrons. The molecule has 3 N–H and O–H groups in total. The molecule has 6 heteroatoms. The van der Waals surface area contributed by atoms with Gasteiger partial charge in [0.1, 0.15) is 0 Å². The lowest BCUT2D eigenvalue weighted by molar-refractivity contribution is 0.558. The van der Waals surface area contributed by atoms with Gasteiger partial charge in [-0.1, -0.05) is 0 Å². The lowest BCUT2D eigenvalue weighted by Crippen LogP contribution is -2.29. The van der Waals surface area contributed by atoms with Crippen molar-refractivity contribution in [3.8, 4) is 0 Å². The second-order valence-electron chi connectivity index (χ2n) is 3.57. The molecule has 0 aliphatic heterocycles. The Labute approximate surface area is 121 Å². The van der Waals surface area contributed by atoms with E-state index < -0.39 is 0 Å². The highest BCUT2D eigenvalue weighted by molar-refractivity contribution is 9.10. The van der Waals surface area contributed by atoms with Crippen LogP contribution in [0.1, 0.15) is 16.5 Å². The second-order valence-corrected chi connectivity index (χ2v) is 6.29. The number of hydrogen-bond donors (Lipinski definition) is 2. The van der Waals surface area contributed by atoms with Gasteiger partial charge in [-0.2, -0.15) is 0 Å². The second kappa shape index (κ2) is 6.06. The first-order valence-corrected chi connectivity index (χ1v) is 7.45. The largest absolute Gasteiger partial charge is 0.271 e. The molecule has 0 aliphatic carbocycles. The number of aromatic nitrogens is 1. The van der Waals surface area contributed by atoms with Gasteiger partial charge in [-0.25, -0.2) is 0 Å². The summed E-state index contributed by atoms with van der Waals surface area (Å²) in [6.45, 7) is 0. The summed E-state index contributed by atoms with van der Waals surface area (Å²) in [5, 5.41) is 2.04. The van der Waals surface area contributed by atoms with Crippen molar-refractivity contribution in [1.29, 1.82) is 0 Å². The predicted octanol–water partition coefficient (Wildman–Crippen LogP) is 3.42. The first kappa shape index (κ1) is 13.2. The molecular weight excluding hydrogens is 366 g/mol. The zero-order chi connectivity index (χ0) is 12.3. The van der Waals surface area contributed by atoms with Crippen LogP contribution in [0, 0.1) is 0 Å². The molecule has 2 aromatic heterocycles. The van der Waals surface area contributed by atoms with Gasteiger partial charge in [-0.15, -0.1) is 11.3 Å². The summed E-state index contributed by atoms with van der Waals surface area (Å²) >= 11 is 8.63. The summed E-state index contributed by atoms with van der Waals surface area (Å²) in [7, 11) is 0. The standard InChI is InChI=1S/C11H11Br2N3S/c12-8-3-7(5-15-6-8)4-10(16-14)11-9(13)1-2-17-11/h1-3,5-6,10,16H,4,14H2. The summed E-state index contributed by atoms with van der Waals surface area (Å²) in [5.74, 6) is 5.62. The van der Waals surface area contributed by atoms with Crippen LogP contribution in [0.2, 0.25) is 0 Å². The highest BCUT2D eigenvalue weighted by Crippen LogP contribution is 2.30. The third-order valence-electron chi connectivity index (χ3n) is 2.36. The van der Waals surface area contributed by atoms with E-state index in [1.54, 1.807) is 17.5 Å². The van der Waals surface area contributed by atoms with Crippen molar-refractivity contribution in [3.63, 3.8) is 0 Å². The number of pyridine rings is 1. The van der Waals surface area contributed by atoms with Crippen LogP contribution in [0.25, 0.3) is 0 Å². The minimum Gasteiger partial charge on any atom is -0.271 e. The van der Waals surface area contributed by atoms with Crippen LogP contribution in [0.3, 0.4) is 0 Å². The van der Waals surface area contributed by atoms with E-state index in [9.17, 15) is 0 Å². The van der Waals surface area contributed by atoms with E-state index in [2.05, 4.69) is 48.3 Å². The molecule has 0 aromatic carbocycles. The van der Waals surface area contributed by atoms with Crippen molar-refractivity contribution in [2.45, 2.75) is 12.5 Å². The number of halogens is 2. The Kier molecular flexibility index (Phi) is 4.69. The van der Waals surface area contributed by atoms with Crippen LogP contribution >= 0.6 is 43.2 Å². The molecule has 3 nitrogen and oxygen atoms in total. The minimum atomic E-state index is 0.0977. The van der Waals surface area contributed by atoms with Gasteiger partial charge in [0.2, 0.25) is 0 Å². The molecular formula is C11H11Br2N3S. The van der Waals surface area contributed by atoms with Crippen molar-refractivity contribution >= 4 is 43.2 Å². The van der Waals surface area contributed by atoms with E-state index in [4.69, 9.17) is 5.84 Å². The Hall–Kier alpha value is -0.270. The van der Waals surface area contributed by atoms with Gasteiger partial charge < -0.3 is 0 Å². The van der Waals surface area contributed by atoms with Gasteiger partial charge in [-0.05, 0) is 61.4 Å². The Morgan fingerprint density at radius 2 is 2.24 bits per heavy atom. The quantitative estimate of drug-likeness (QED) is 0.634. The summed E-state index contributed by atoms with van der Waals surface area (Å²) in [6, 6.07) is 4.18. The molecule has 0 fully saturated rings. The average molecular weight is 377 g/mol. The van der Waals surface area contributed by atoms with Crippen LogP contribution in [0.4, 0.5) is 0 Å². The number of hydrogen-bond acceptors (Lipinski definition) is 4. The molecule has 0 bridgehead atoms. The number of thiophene rings is 1. The predicted molar refractivity (Wildman–Crippen MR) is 77.7 cm³/mol. The van der Waals surface area contributed by atoms with Crippen molar-refractivity contribution in [3.05, 3.63) is 49.3 Å². The van der Waals surface area contributed by atoms with Crippen molar-refractivity contribution in [2.24, 2.45) is 5.84 Å². The van der Waals surface area contributed by atoms with Crippen LogP contribution < -0.4 is 11.3 Å². The SMILES string of the molecule is NNC(Cc1cncc(Br)c1)c1sccc1Br. The molecule has 0 aliphatic rings. The van der Waals surface area contributed by atoms with Gasteiger partial charge >= 0.3 is 0 Å². The smallest absolute Gasteiger partial charge is 0.0605 e. The van der Waals surface area contributed by atoms with E-state index in [1.165, 1.54) is 4.88 Å². The zero-order valence-electron chi connectivity index (χ0n) is 8.86. The zero-order valence-corrected chi connectivity index (χ0v) is 12.8. The van der Waals surface area contributed by atoms with E-state index in [-0.39, 0.29) is 6.04 Å². The maximum atomic E-state index is 5.62. The van der Waals surface area contributed by atoms with Crippen LogP contribution in [-0.2, 0) is 6.42 Å².